The lowest BCUT2D eigenvalue weighted by molar-refractivity contribution is -0.150. The van der Waals surface area contributed by atoms with E-state index in [4.69, 9.17) is 4.74 Å². The largest absolute Gasteiger partial charge is 0.384 e. The van der Waals surface area contributed by atoms with Gasteiger partial charge in [-0.05, 0) is 12.8 Å². The van der Waals surface area contributed by atoms with E-state index in [-0.39, 0.29) is 23.3 Å². The van der Waals surface area contributed by atoms with E-state index in [0.717, 1.165) is 39.0 Å². The van der Waals surface area contributed by atoms with Crippen LogP contribution >= 0.6 is 0 Å². The number of carbonyl (C=O) groups is 2. The van der Waals surface area contributed by atoms with Crippen LogP contribution in [0.4, 0.5) is 0 Å². The number of piperazine rings is 2. The molecular weight excluding hydrogens is 258 g/mol. The number of ether oxygens (including phenoxy) is 1. The van der Waals surface area contributed by atoms with Crippen LogP contribution in [0, 0.1) is 5.41 Å². The van der Waals surface area contributed by atoms with Crippen molar-refractivity contribution in [1.82, 2.24) is 14.7 Å². The van der Waals surface area contributed by atoms with Gasteiger partial charge in [-0.3, -0.25) is 14.5 Å². The van der Waals surface area contributed by atoms with E-state index >= 15 is 0 Å². The van der Waals surface area contributed by atoms with Gasteiger partial charge >= 0.3 is 0 Å². The lowest BCUT2D eigenvalue weighted by Gasteiger charge is -2.46. The molecule has 2 saturated heterocycles. The molecule has 3 rings (SSSR count). The zero-order chi connectivity index (χ0) is 14.3. The molecule has 20 heavy (non-hydrogen) atoms. The van der Waals surface area contributed by atoms with Crippen molar-refractivity contribution in [3.63, 3.8) is 0 Å². The van der Waals surface area contributed by atoms with Crippen LogP contribution in [0.5, 0.6) is 0 Å². The van der Waals surface area contributed by atoms with Gasteiger partial charge in [0, 0.05) is 46.9 Å². The second-order valence-electron chi connectivity index (χ2n) is 6.28. The van der Waals surface area contributed by atoms with Gasteiger partial charge in [-0.15, -0.1) is 0 Å². The molecule has 0 aromatic rings. The minimum Gasteiger partial charge on any atom is -0.384 e. The van der Waals surface area contributed by atoms with Gasteiger partial charge in [-0.2, -0.15) is 0 Å². The highest BCUT2D eigenvalue weighted by molar-refractivity contribution is 5.88. The molecule has 6 nitrogen and oxygen atoms in total. The van der Waals surface area contributed by atoms with E-state index < -0.39 is 0 Å². The lowest BCUT2D eigenvalue weighted by Crippen LogP contribution is -2.65. The van der Waals surface area contributed by atoms with Crippen LogP contribution in [0.1, 0.15) is 12.8 Å². The van der Waals surface area contributed by atoms with Gasteiger partial charge < -0.3 is 14.5 Å². The van der Waals surface area contributed by atoms with Crippen LogP contribution in [-0.2, 0) is 14.3 Å². The van der Waals surface area contributed by atoms with E-state index in [9.17, 15) is 9.59 Å². The van der Waals surface area contributed by atoms with Crippen molar-refractivity contribution in [3.05, 3.63) is 0 Å². The number of rotatable bonds is 3. The highest BCUT2D eigenvalue weighted by Crippen LogP contribution is 2.47. The number of likely N-dealkylation sites (N-methyl/N-ethyl adjacent to an activating group) is 1. The van der Waals surface area contributed by atoms with Gasteiger partial charge in [0.15, 0.2) is 0 Å². The Bertz CT molecular complexity index is 422. The van der Waals surface area contributed by atoms with E-state index in [1.807, 2.05) is 11.9 Å². The third-order valence-electron chi connectivity index (χ3n) is 4.89. The first-order valence-corrected chi connectivity index (χ1v) is 7.35. The van der Waals surface area contributed by atoms with Gasteiger partial charge in [0.05, 0.1) is 12.0 Å². The Morgan fingerprint density at radius 1 is 1.30 bits per heavy atom. The molecule has 1 saturated carbocycles. The summed E-state index contributed by atoms with van der Waals surface area (Å²) in [6.45, 7) is 4.28. The van der Waals surface area contributed by atoms with Gasteiger partial charge in [0.25, 0.3) is 0 Å². The summed E-state index contributed by atoms with van der Waals surface area (Å²) in [7, 11) is 3.48. The predicted octanol–water partition coefficient (Wildman–Crippen LogP) is -0.602. The highest BCUT2D eigenvalue weighted by atomic mass is 16.5. The first-order valence-electron chi connectivity index (χ1n) is 7.35. The Hall–Kier alpha value is -1.14. The number of fused-ring (bicyclic) bond motifs is 1. The maximum absolute atomic E-state index is 12.6. The highest BCUT2D eigenvalue weighted by Gasteiger charge is 2.53. The monoisotopic (exact) mass is 281 g/mol. The molecule has 0 spiro atoms. The Balaban J connectivity index is 1.68. The van der Waals surface area contributed by atoms with Crippen LogP contribution in [0.25, 0.3) is 0 Å². The van der Waals surface area contributed by atoms with Crippen LogP contribution in [0.15, 0.2) is 0 Å². The molecule has 1 aliphatic carbocycles. The number of nitrogens with zero attached hydrogens (tertiary/aromatic N) is 3. The van der Waals surface area contributed by atoms with E-state index in [2.05, 4.69) is 4.90 Å². The molecule has 3 aliphatic rings. The van der Waals surface area contributed by atoms with Crippen molar-refractivity contribution in [1.29, 1.82) is 0 Å². The molecule has 1 unspecified atom stereocenters. The molecule has 0 N–H and O–H groups in total. The Morgan fingerprint density at radius 2 is 2.00 bits per heavy atom. The smallest absolute Gasteiger partial charge is 0.241 e. The first kappa shape index (κ1) is 13.8. The molecule has 6 heteroatoms. The topological polar surface area (TPSA) is 53.1 Å². The second kappa shape index (κ2) is 5.00. The van der Waals surface area contributed by atoms with Gasteiger partial charge in [0.1, 0.15) is 6.04 Å². The van der Waals surface area contributed by atoms with Crippen molar-refractivity contribution in [2.24, 2.45) is 5.41 Å². The minimum atomic E-state index is -0.291. The minimum absolute atomic E-state index is 0.144. The summed E-state index contributed by atoms with van der Waals surface area (Å²) in [4.78, 5) is 30.7. The summed E-state index contributed by atoms with van der Waals surface area (Å²) in [5.41, 5.74) is -0.291. The van der Waals surface area contributed by atoms with E-state index in [0.29, 0.717) is 13.2 Å². The fourth-order valence-electron chi connectivity index (χ4n) is 3.33. The Morgan fingerprint density at radius 3 is 2.65 bits per heavy atom. The zero-order valence-electron chi connectivity index (χ0n) is 12.3. The number of hydrogen-bond acceptors (Lipinski definition) is 4. The average Bonchev–Trinajstić information content (AvgIpc) is 3.23. The fourth-order valence-corrected chi connectivity index (χ4v) is 3.33. The maximum atomic E-state index is 12.6. The first-order chi connectivity index (χ1) is 9.57. The summed E-state index contributed by atoms with van der Waals surface area (Å²) in [5.74, 6) is 0.324. The summed E-state index contributed by atoms with van der Waals surface area (Å²) in [5, 5.41) is 0. The lowest BCUT2D eigenvalue weighted by atomic mass is 10.0. The SMILES string of the molecule is COCC1(C(=O)N2CCN3CCN(C)C(=O)C3C2)CC1. The van der Waals surface area contributed by atoms with Crippen LogP contribution < -0.4 is 0 Å². The van der Waals surface area contributed by atoms with E-state index in [1.165, 1.54) is 0 Å². The molecule has 2 aliphatic heterocycles. The van der Waals surface area contributed by atoms with Crippen molar-refractivity contribution in [2.75, 3.05) is 53.5 Å². The normalized spacial score (nSPS) is 29.3. The molecule has 0 bridgehead atoms. The van der Waals surface area contributed by atoms with Crippen molar-refractivity contribution >= 4 is 11.8 Å². The van der Waals surface area contributed by atoms with Crippen LogP contribution in [-0.4, -0.2) is 86.0 Å². The summed E-state index contributed by atoms with van der Waals surface area (Å²) in [6.07, 6.45) is 1.83. The molecule has 0 radical (unpaired) electrons. The molecular formula is C14H23N3O3. The number of methoxy groups -OCH3 is 1. The molecule has 0 aromatic heterocycles. The standard InChI is InChI=1S/C14H23N3O3/c1-15-5-6-16-7-8-17(9-11(16)12(15)18)13(19)14(3-4-14)10-20-2/h11H,3-10H2,1-2H3. The molecule has 3 fully saturated rings. The number of carbonyl (C=O) groups excluding carboxylic acids is 2. The van der Waals surface area contributed by atoms with Gasteiger partial charge in [0.2, 0.25) is 11.8 Å². The Kier molecular flexibility index (Phi) is 3.46. The zero-order valence-corrected chi connectivity index (χ0v) is 12.3. The van der Waals surface area contributed by atoms with Gasteiger partial charge in [-0.25, -0.2) is 0 Å². The quantitative estimate of drug-likeness (QED) is 0.693. The predicted molar refractivity (Wildman–Crippen MR) is 73.1 cm³/mol. The van der Waals surface area contributed by atoms with Crippen LogP contribution in [0.3, 0.4) is 0 Å². The molecule has 112 valence electrons. The number of hydrogen-bond donors (Lipinski definition) is 0. The summed E-state index contributed by atoms with van der Waals surface area (Å²) >= 11 is 0. The third-order valence-corrected chi connectivity index (χ3v) is 4.89. The summed E-state index contributed by atoms with van der Waals surface area (Å²) < 4.78 is 5.19. The second-order valence-corrected chi connectivity index (χ2v) is 6.28. The molecule has 0 aromatic carbocycles. The number of amides is 2. The van der Waals surface area contributed by atoms with Crippen molar-refractivity contribution in [3.8, 4) is 0 Å². The average molecular weight is 281 g/mol. The molecule has 2 heterocycles. The maximum Gasteiger partial charge on any atom is 0.241 e. The van der Waals surface area contributed by atoms with Crippen LogP contribution in [0.2, 0.25) is 0 Å². The van der Waals surface area contributed by atoms with Gasteiger partial charge in [-0.1, -0.05) is 0 Å². The molecule has 1 atom stereocenters. The summed E-state index contributed by atoms with van der Waals surface area (Å²) in [6, 6.07) is -0.148. The third kappa shape index (κ3) is 2.20. The van der Waals surface area contributed by atoms with Crippen molar-refractivity contribution < 1.29 is 14.3 Å². The van der Waals surface area contributed by atoms with Crippen molar-refractivity contribution in [2.45, 2.75) is 18.9 Å². The molecule has 2 amide bonds. The fraction of sp³-hybridized carbons (Fsp3) is 0.857. The Labute approximate surface area is 119 Å². The van der Waals surface area contributed by atoms with E-state index in [1.54, 1.807) is 12.0 Å².